The maximum atomic E-state index is 6.19. The van der Waals surface area contributed by atoms with Crippen molar-refractivity contribution >= 4 is 18.2 Å². The Labute approximate surface area is 175 Å². The van der Waals surface area contributed by atoms with Crippen LogP contribution in [0.4, 0.5) is 0 Å². The molecule has 0 saturated carbocycles. The number of hydrogen-bond acceptors (Lipinski definition) is 3. The van der Waals surface area contributed by atoms with E-state index in [-0.39, 0.29) is 18.3 Å². The Morgan fingerprint density at radius 2 is 1.55 bits per heavy atom. The van der Waals surface area contributed by atoms with E-state index in [2.05, 4.69) is 100 Å². The van der Waals surface area contributed by atoms with Crippen LogP contribution in [-0.2, 0) is 15.9 Å². The van der Waals surface area contributed by atoms with Gasteiger partial charge in [-0.25, -0.2) is 0 Å². The van der Waals surface area contributed by atoms with Gasteiger partial charge >= 0.3 is 7.12 Å². The van der Waals surface area contributed by atoms with Crippen LogP contribution in [0.1, 0.15) is 52.2 Å². The van der Waals surface area contributed by atoms with Crippen molar-refractivity contribution in [3.8, 4) is 0 Å². The molecule has 1 unspecified atom stereocenters. The molecule has 0 bridgehead atoms. The molecule has 2 aliphatic rings. The molecular formula is C25H32BNO2. The molecule has 2 aromatic rings. The molecule has 1 saturated heterocycles. The molecule has 0 radical (unpaired) electrons. The van der Waals surface area contributed by atoms with E-state index in [1.165, 1.54) is 16.7 Å². The minimum absolute atomic E-state index is 0.302. The van der Waals surface area contributed by atoms with Gasteiger partial charge in [0.05, 0.1) is 11.2 Å². The fourth-order valence-electron chi connectivity index (χ4n) is 3.97. The fourth-order valence-corrected chi connectivity index (χ4v) is 3.97. The second-order valence-electron chi connectivity index (χ2n) is 9.41. The zero-order chi connectivity index (χ0) is 20.6. The van der Waals surface area contributed by atoms with E-state index in [0.717, 1.165) is 25.0 Å². The first-order valence-corrected chi connectivity index (χ1v) is 10.7. The molecule has 29 heavy (non-hydrogen) atoms. The van der Waals surface area contributed by atoms with Crippen LogP contribution < -0.4 is 5.46 Å². The van der Waals surface area contributed by atoms with Gasteiger partial charge in [-0.15, -0.1) is 0 Å². The Kier molecular flexibility index (Phi) is 5.45. The van der Waals surface area contributed by atoms with Gasteiger partial charge in [-0.05, 0) is 63.2 Å². The second-order valence-corrected chi connectivity index (χ2v) is 9.41. The van der Waals surface area contributed by atoms with Gasteiger partial charge in [0.15, 0.2) is 0 Å². The Bertz CT molecular complexity index is 857. The maximum absolute atomic E-state index is 6.19. The first-order chi connectivity index (χ1) is 13.7. The van der Waals surface area contributed by atoms with Crippen molar-refractivity contribution in [1.29, 1.82) is 0 Å². The minimum atomic E-state index is -0.309. The third-order valence-electron chi connectivity index (χ3n) is 6.74. The highest BCUT2D eigenvalue weighted by Gasteiger charge is 2.51. The van der Waals surface area contributed by atoms with Crippen LogP contribution >= 0.6 is 0 Å². The van der Waals surface area contributed by atoms with Crippen LogP contribution in [0.2, 0.25) is 0 Å². The lowest BCUT2D eigenvalue weighted by molar-refractivity contribution is 0.00578. The third-order valence-corrected chi connectivity index (χ3v) is 6.74. The van der Waals surface area contributed by atoms with Crippen molar-refractivity contribution in [3.05, 3.63) is 71.8 Å². The van der Waals surface area contributed by atoms with Crippen molar-refractivity contribution in [2.24, 2.45) is 0 Å². The van der Waals surface area contributed by atoms with Crippen LogP contribution in [0.3, 0.4) is 0 Å². The third kappa shape index (κ3) is 4.21. The van der Waals surface area contributed by atoms with Crippen molar-refractivity contribution < 1.29 is 9.31 Å². The maximum Gasteiger partial charge on any atom is 0.494 e. The van der Waals surface area contributed by atoms with Gasteiger partial charge in [0, 0.05) is 19.1 Å². The van der Waals surface area contributed by atoms with Crippen molar-refractivity contribution in [1.82, 2.24) is 4.90 Å². The second kappa shape index (κ2) is 7.75. The average molecular weight is 389 g/mol. The summed E-state index contributed by atoms with van der Waals surface area (Å²) in [4.78, 5) is 2.56. The molecule has 4 rings (SSSR count). The Balaban J connectivity index is 1.46. The zero-order valence-electron chi connectivity index (χ0n) is 18.3. The standard InChI is InChI=1S/C25H32BNO2/c1-19-11-12-22(18-27(19)17-20-9-7-6-8-10-20)21-13-15-23(16-14-21)26-28-24(2,3)25(4,5)29-26/h6-10,12-16,19H,11,17-18H2,1-5H3. The van der Waals surface area contributed by atoms with Gasteiger partial charge in [0.25, 0.3) is 0 Å². The van der Waals surface area contributed by atoms with Gasteiger partial charge < -0.3 is 9.31 Å². The number of nitrogens with zero attached hydrogens (tertiary/aromatic N) is 1. The molecule has 0 N–H and O–H groups in total. The summed E-state index contributed by atoms with van der Waals surface area (Å²) < 4.78 is 12.4. The van der Waals surface area contributed by atoms with E-state index in [4.69, 9.17) is 9.31 Å². The van der Waals surface area contributed by atoms with Crippen LogP contribution in [0.5, 0.6) is 0 Å². The molecule has 1 fully saturated rings. The molecule has 0 amide bonds. The summed E-state index contributed by atoms with van der Waals surface area (Å²) >= 11 is 0. The quantitative estimate of drug-likeness (QED) is 0.710. The first kappa shape index (κ1) is 20.4. The Morgan fingerprint density at radius 1 is 0.931 bits per heavy atom. The largest absolute Gasteiger partial charge is 0.494 e. The van der Waals surface area contributed by atoms with Crippen LogP contribution in [-0.4, -0.2) is 35.8 Å². The summed E-state index contributed by atoms with van der Waals surface area (Å²) in [7, 11) is -0.302. The van der Waals surface area contributed by atoms with Gasteiger partial charge in [0.2, 0.25) is 0 Å². The van der Waals surface area contributed by atoms with Gasteiger partial charge in [-0.2, -0.15) is 0 Å². The normalized spacial score (nSPS) is 23.8. The van der Waals surface area contributed by atoms with Crippen LogP contribution in [0.15, 0.2) is 60.7 Å². The predicted molar refractivity (Wildman–Crippen MR) is 121 cm³/mol. The van der Waals surface area contributed by atoms with Gasteiger partial charge in [0.1, 0.15) is 0 Å². The summed E-state index contributed by atoms with van der Waals surface area (Å²) in [6.07, 6.45) is 3.48. The molecule has 4 heteroatoms. The van der Waals surface area contributed by atoms with Crippen molar-refractivity contribution in [3.63, 3.8) is 0 Å². The van der Waals surface area contributed by atoms with E-state index in [1.54, 1.807) is 0 Å². The summed E-state index contributed by atoms with van der Waals surface area (Å²) in [6.45, 7) is 12.7. The smallest absolute Gasteiger partial charge is 0.399 e. The summed E-state index contributed by atoms with van der Waals surface area (Å²) in [5.41, 5.74) is 4.52. The van der Waals surface area contributed by atoms with Gasteiger partial charge in [-0.3, -0.25) is 4.90 Å². The van der Waals surface area contributed by atoms with Gasteiger partial charge in [-0.1, -0.05) is 60.7 Å². The monoisotopic (exact) mass is 389 g/mol. The van der Waals surface area contributed by atoms with Crippen LogP contribution in [0.25, 0.3) is 5.57 Å². The van der Waals surface area contributed by atoms with E-state index < -0.39 is 0 Å². The molecule has 0 spiro atoms. The Morgan fingerprint density at radius 3 is 2.17 bits per heavy atom. The lowest BCUT2D eigenvalue weighted by Gasteiger charge is -2.33. The number of benzene rings is 2. The molecule has 1 atom stereocenters. The molecule has 2 heterocycles. The number of hydrogen-bond donors (Lipinski definition) is 0. The average Bonchev–Trinajstić information content (AvgIpc) is 2.92. The Hall–Kier alpha value is -1.88. The highest BCUT2D eigenvalue weighted by molar-refractivity contribution is 6.62. The molecule has 2 aromatic carbocycles. The highest BCUT2D eigenvalue weighted by Crippen LogP contribution is 2.36. The van der Waals surface area contributed by atoms with E-state index >= 15 is 0 Å². The molecular weight excluding hydrogens is 357 g/mol. The first-order valence-electron chi connectivity index (χ1n) is 10.7. The van der Waals surface area contributed by atoms with Crippen molar-refractivity contribution in [2.75, 3.05) is 6.54 Å². The zero-order valence-corrected chi connectivity index (χ0v) is 18.3. The van der Waals surface area contributed by atoms with Crippen LogP contribution in [0, 0.1) is 0 Å². The molecule has 0 aromatic heterocycles. The van der Waals surface area contributed by atoms with E-state index in [9.17, 15) is 0 Å². The summed E-state index contributed by atoms with van der Waals surface area (Å²) in [5, 5.41) is 0. The SMILES string of the molecule is CC1CC=C(c2ccc(B3OC(C)(C)C(C)(C)O3)cc2)CN1Cc1ccccc1. The fraction of sp³-hybridized carbons (Fsp3) is 0.440. The topological polar surface area (TPSA) is 21.7 Å². The van der Waals surface area contributed by atoms with E-state index in [1.807, 2.05) is 0 Å². The molecule has 3 nitrogen and oxygen atoms in total. The summed E-state index contributed by atoms with van der Waals surface area (Å²) in [6, 6.07) is 20.0. The number of rotatable bonds is 4. The molecule has 0 aliphatic carbocycles. The lowest BCUT2D eigenvalue weighted by Crippen LogP contribution is -2.41. The minimum Gasteiger partial charge on any atom is -0.399 e. The highest BCUT2D eigenvalue weighted by atomic mass is 16.7. The lowest BCUT2D eigenvalue weighted by atomic mass is 9.78. The molecule has 2 aliphatic heterocycles. The van der Waals surface area contributed by atoms with E-state index in [0.29, 0.717) is 6.04 Å². The molecule has 152 valence electrons. The predicted octanol–water partition coefficient (Wildman–Crippen LogP) is 4.66. The van der Waals surface area contributed by atoms with Crippen molar-refractivity contribution in [2.45, 2.75) is 64.8 Å². The summed E-state index contributed by atoms with van der Waals surface area (Å²) in [5.74, 6) is 0.